The number of nitro groups is 1. The van der Waals surface area contributed by atoms with Crippen molar-refractivity contribution < 1.29 is 24.4 Å². The molecular weight excluding hydrogens is 354 g/mol. The van der Waals surface area contributed by atoms with Gasteiger partial charge in [0.05, 0.1) is 22.4 Å². The minimum atomic E-state index is -0.965. The van der Waals surface area contributed by atoms with Crippen molar-refractivity contribution in [2.45, 2.75) is 12.8 Å². The van der Waals surface area contributed by atoms with E-state index in [1.165, 1.54) is 17.0 Å². The van der Waals surface area contributed by atoms with Crippen molar-refractivity contribution in [2.24, 2.45) is 5.92 Å². The van der Waals surface area contributed by atoms with Crippen molar-refractivity contribution >= 4 is 35.1 Å². The zero-order valence-corrected chi connectivity index (χ0v) is 13.9. The van der Waals surface area contributed by atoms with Crippen molar-refractivity contribution in [1.82, 2.24) is 10.2 Å². The fourth-order valence-corrected chi connectivity index (χ4v) is 2.91. The van der Waals surface area contributed by atoms with Crippen LogP contribution in [0, 0.1) is 16.0 Å². The third-order valence-electron chi connectivity index (χ3n) is 3.94. The predicted molar refractivity (Wildman–Crippen MR) is 87.4 cm³/mol. The first-order valence-corrected chi connectivity index (χ1v) is 7.90. The molecule has 9 nitrogen and oxygen atoms in total. The summed E-state index contributed by atoms with van der Waals surface area (Å²) in [6, 6.07) is 3.83. The molecule has 0 aromatic heterocycles. The molecule has 2 rings (SSSR count). The lowest BCUT2D eigenvalue weighted by Gasteiger charge is -2.30. The number of carboxylic acids is 1. The van der Waals surface area contributed by atoms with Gasteiger partial charge in [0.25, 0.3) is 11.6 Å². The second kappa shape index (κ2) is 7.93. The second-order valence-electron chi connectivity index (χ2n) is 5.59. The molecule has 2 amide bonds. The molecule has 0 saturated carbocycles. The number of nitrogens with zero attached hydrogens (tertiary/aromatic N) is 2. The Bertz CT molecular complexity index is 723. The van der Waals surface area contributed by atoms with E-state index in [-0.39, 0.29) is 17.1 Å². The van der Waals surface area contributed by atoms with Crippen molar-refractivity contribution in [3.05, 3.63) is 38.9 Å². The van der Waals surface area contributed by atoms with E-state index in [4.69, 9.17) is 16.7 Å². The maximum absolute atomic E-state index is 12.2. The Balaban J connectivity index is 2.02. The van der Waals surface area contributed by atoms with Gasteiger partial charge in [-0.25, -0.2) is 0 Å². The monoisotopic (exact) mass is 369 g/mol. The van der Waals surface area contributed by atoms with E-state index in [0.717, 1.165) is 6.07 Å². The lowest BCUT2D eigenvalue weighted by molar-refractivity contribution is -0.385. The highest BCUT2D eigenvalue weighted by molar-refractivity contribution is 6.34. The number of rotatable bonds is 5. The molecule has 1 heterocycles. The number of halogens is 1. The third-order valence-corrected chi connectivity index (χ3v) is 4.25. The van der Waals surface area contributed by atoms with E-state index in [1.54, 1.807) is 0 Å². The SMILES string of the molecule is O=C(NCC(=O)N1CCC[C@H](C(=O)O)C1)c1c(Cl)cccc1[N+](=O)[O-]. The maximum Gasteiger partial charge on any atom is 0.308 e. The summed E-state index contributed by atoms with van der Waals surface area (Å²) in [4.78, 5) is 47.0. The number of carbonyl (C=O) groups is 3. The minimum Gasteiger partial charge on any atom is -0.481 e. The molecule has 1 aromatic carbocycles. The minimum absolute atomic E-state index is 0.0796. The number of piperidine rings is 1. The molecule has 1 saturated heterocycles. The Morgan fingerprint density at radius 1 is 1.40 bits per heavy atom. The van der Waals surface area contributed by atoms with E-state index < -0.39 is 40.9 Å². The van der Waals surface area contributed by atoms with Crippen molar-refractivity contribution in [3.63, 3.8) is 0 Å². The summed E-state index contributed by atoms with van der Waals surface area (Å²) in [5.41, 5.74) is -0.773. The summed E-state index contributed by atoms with van der Waals surface area (Å²) in [6.45, 7) is 0.0918. The molecular formula is C15H16ClN3O6. The Labute approximate surface area is 147 Å². The van der Waals surface area contributed by atoms with Gasteiger partial charge in [-0.3, -0.25) is 24.5 Å². The van der Waals surface area contributed by atoms with E-state index >= 15 is 0 Å². The van der Waals surface area contributed by atoms with Crippen molar-refractivity contribution in [2.75, 3.05) is 19.6 Å². The molecule has 1 fully saturated rings. The molecule has 1 atom stereocenters. The largest absolute Gasteiger partial charge is 0.481 e. The van der Waals surface area contributed by atoms with E-state index in [2.05, 4.69) is 5.32 Å². The molecule has 0 unspecified atom stereocenters. The Morgan fingerprint density at radius 2 is 2.12 bits per heavy atom. The number of carboxylic acid groups (broad SMARTS) is 1. The highest BCUT2D eigenvalue weighted by Crippen LogP contribution is 2.26. The average Bonchev–Trinajstić information content (AvgIpc) is 2.59. The smallest absolute Gasteiger partial charge is 0.308 e. The van der Waals surface area contributed by atoms with Crippen LogP contribution in [-0.4, -0.2) is 52.3 Å². The van der Waals surface area contributed by atoms with Gasteiger partial charge in [0.1, 0.15) is 5.56 Å². The molecule has 134 valence electrons. The van der Waals surface area contributed by atoms with Gasteiger partial charge in [-0.05, 0) is 18.9 Å². The number of amides is 2. The molecule has 0 radical (unpaired) electrons. The fourth-order valence-electron chi connectivity index (χ4n) is 2.65. The van der Waals surface area contributed by atoms with Gasteiger partial charge in [-0.1, -0.05) is 17.7 Å². The van der Waals surface area contributed by atoms with Crippen LogP contribution in [0.4, 0.5) is 5.69 Å². The summed E-state index contributed by atoms with van der Waals surface area (Å²) in [6.07, 6.45) is 1.06. The van der Waals surface area contributed by atoms with E-state index in [9.17, 15) is 24.5 Å². The van der Waals surface area contributed by atoms with Crippen LogP contribution in [0.25, 0.3) is 0 Å². The van der Waals surface area contributed by atoms with Crippen LogP contribution in [0.5, 0.6) is 0 Å². The second-order valence-corrected chi connectivity index (χ2v) is 6.00. The third kappa shape index (κ3) is 4.44. The lowest BCUT2D eigenvalue weighted by atomic mass is 9.98. The number of aliphatic carboxylic acids is 1. The van der Waals surface area contributed by atoms with Gasteiger partial charge in [-0.15, -0.1) is 0 Å². The van der Waals surface area contributed by atoms with Gasteiger partial charge in [-0.2, -0.15) is 0 Å². The molecule has 0 aliphatic carbocycles. The highest BCUT2D eigenvalue weighted by atomic mass is 35.5. The van der Waals surface area contributed by atoms with Crippen molar-refractivity contribution in [3.8, 4) is 0 Å². The Morgan fingerprint density at radius 3 is 2.76 bits per heavy atom. The van der Waals surface area contributed by atoms with Crippen LogP contribution < -0.4 is 5.32 Å². The highest BCUT2D eigenvalue weighted by Gasteiger charge is 2.29. The molecule has 1 aromatic rings. The van der Waals surface area contributed by atoms with Crippen LogP contribution in [0.3, 0.4) is 0 Å². The van der Waals surface area contributed by atoms with Gasteiger partial charge < -0.3 is 15.3 Å². The summed E-state index contributed by atoms with van der Waals surface area (Å²) >= 11 is 5.86. The summed E-state index contributed by atoms with van der Waals surface area (Å²) in [5.74, 6) is -2.88. The predicted octanol–water partition coefficient (Wildman–Crippen LogP) is 1.30. The molecule has 1 aliphatic heterocycles. The van der Waals surface area contributed by atoms with Crippen LogP contribution in [-0.2, 0) is 9.59 Å². The average molecular weight is 370 g/mol. The first-order valence-electron chi connectivity index (χ1n) is 7.53. The standard InChI is InChI=1S/C15H16ClN3O6/c16-10-4-1-5-11(19(24)25)13(10)14(21)17-7-12(20)18-6-2-3-9(8-18)15(22)23/h1,4-5,9H,2-3,6-8H2,(H,17,21)(H,22,23)/t9-/m0/s1. The van der Waals surface area contributed by atoms with Gasteiger partial charge >= 0.3 is 5.97 Å². The number of benzene rings is 1. The first kappa shape index (κ1) is 18.7. The number of hydrogen-bond donors (Lipinski definition) is 2. The van der Waals surface area contributed by atoms with Crippen LogP contribution in [0.2, 0.25) is 5.02 Å². The maximum atomic E-state index is 12.2. The molecule has 10 heteroatoms. The fraction of sp³-hybridized carbons (Fsp3) is 0.400. The molecule has 25 heavy (non-hydrogen) atoms. The van der Waals surface area contributed by atoms with Crippen molar-refractivity contribution in [1.29, 1.82) is 0 Å². The molecule has 2 N–H and O–H groups in total. The van der Waals surface area contributed by atoms with E-state index in [0.29, 0.717) is 19.4 Å². The normalized spacial score (nSPS) is 17.0. The number of nitrogens with one attached hydrogen (secondary N) is 1. The zero-order valence-electron chi connectivity index (χ0n) is 13.1. The van der Waals surface area contributed by atoms with E-state index in [1.807, 2.05) is 0 Å². The molecule has 1 aliphatic rings. The lowest BCUT2D eigenvalue weighted by Crippen LogP contribution is -2.46. The van der Waals surface area contributed by atoms with Gasteiger partial charge in [0.15, 0.2) is 0 Å². The molecule has 0 bridgehead atoms. The van der Waals surface area contributed by atoms with Crippen LogP contribution in [0.1, 0.15) is 23.2 Å². The first-order chi connectivity index (χ1) is 11.8. The molecule has 0 spiro atoms. The number of carbonyl (C=O) groups excluding carboxylic acids is 2. The van der Waals surface area contributed by atoms with Crippen LogP contribution >= 0.6 is 11.6 Å². The number of likely N-dealkylation sites (tertiary alicyclic amines) is 1. The summed E-state index contributed by atoms with van der Waals surface area (Å²) < 4.78 is 0. The Kier molecular flexibility index (Phi) is 5.92. The summed E-state index contributed by atoms with van der Waals surface area (Å²) in [5, 5.41) is 22.2. The topological polar surface area (TPSA) is 130 Å². The summed E-state index contributed by atoms with van der Waals surface area (Å²) in [7, 11) is 0. The number of nitro benzene ring substituents is 1. The van der Waals surface area contributed by atoms with Crippen LogP contribution in [0.15, 0.2) is 18.2 Å². The quantitative estimate of drug-likeness (QED) is 0.594. The number of hydrogen-bond acceptors (Lipinski definition) is 5. The van der Waals surface area contributed by atoms with Gasteiger partial charge in [0, 0.05) is 19.2 Å². The van der Waals surface area contributed by atoms with Gasteiger partial charge in [0.2, 0.25) is 5.91 Å². The zero-order chi connectivity index (χ0) is 18.6. The Hall–Kier alpha value is -2.68.